The molecule has 0 aliphatic carbocycles. The fourth-order valence-electron chi connectivity index (χ4n) is 2.59. The molecule has 0 spiro atoms. The molecule has 1 N–H and O–H groups in total. The van der Waals surface area contributed by atoms with E-state index in [0.29, 0.717) is 6.04 Å². The van der Waals surface area contributed by atoms with Gasteiger partial charge in [0.2, 0.25) is 0 Å². The van der Waals surface area contributed by atoms with Gasteiger partial charge in [-0.05, 0) is 31.3 Å². The second-order valence-electron chi connectivity index (χ2n) is 5.54. The van der Waals surface area contributed by atoms with Crippen LogP contribution in [0.15, 0.2) is 42.5 Å². The highest BCUT2D eigenvalue weighted by Crippen LogP contribution is 2.26. The summed E-state index contributed by atoms with van der Waals surface area (Å²) in [5.41, 5.74) is 1.36. The highest BCUT2D eigenvalue weighted by molar-refractivity contribution is 5.94. The molecule has 2 nitrogen and oxygen atoms in total. The second-order valence-corrected chi connectivity index (χ2v) is 5.54. The van der Waals surface area contributed by atoms with E-state index in [9.17, 15) is 0 Å². The van der Waals surface area contributed by atoms with Gasteiger partial charge < -0.3 is 10.2 Å². The number of fused-ring (bicyclic) bond motifs is 1. The third kappa shape index (κ3) is 3.73. The molecule has 108 valence electrons. The number of nitrogens with zero attached hydrogens (tertiary/aromatic N) is 1. The zero-order valence-electron chi connectivity index (χ0n) is 12.9. The van der Waals surface area contributed by atoms with E-state index in [1.54, 1.807) is 0 Å². The molecule has 0 aliphatic rings. The molecule has 2 rings (SSSR count). The monoisotopic (exact) mass is 270 g/mol. The first-order valence-electron chi connectivity index (χ1n) is 7.68. The largest absolute Gasteiger partial charge is 0.371 e. The first kappa shape index (κ1) is 14.9. The Morgan fingerprint density at radius 3 is 2.55 bits per heavy atom. The lowest BCUT2D eigenvalue weighted by Gasteiger charge is -2.25. The van der Waals surface area contributed by atoms with Crippen molar-refractivity contribution in [2.75, 3.05) is 24.5 Å². The van der Waals surface area contributed by atoms with Gasteiger partial charge in [0.05, 0.1) is 0 Å². The van der Waals surface area contributed by atoms with E-state index in [-0.39, 0.29) is 0 Å². The van der Waals surface area contributed by atoms with Gasteiger partial charge in [-0.2, -0.15) is 0 Å². The Morgan fingerprint density at radius 1 is 1.05 bits per heavy atom. The predicted molar refractivity (Wildman–Crippen MR) is 89.6 cm³/mol. The van der Waals surface area contributed by atoms with E-state index in [1.165, 1.54) is 22.9 Å². The number of anilines is 1. The minimum Gasteiger partial charge on any atom is -0.371 e. The lowest BCUT2D eigenvalue weighted by atomic mass is 10.1. The zero-order chi connectivity index (χ0) is 14.4. The summed E-state index contributed by atoms with van der Waals surface area (Å²) in [5, 5.41) is 6.17. The highest BCUT2D eigenvalue weighted by Gasteiger charge is 2.07. The fourth-order valence-corrected chi connectivity index (χ4v) is 2.59. The summed E-state index contributed by atoms with van der Waals surface area (Å²) >= 11 is 0. The molecule has 0 saturated heterocycles. The van der Waals surface area contributed by atoms with Gasteiger partial charge in [-0.3, -0.25) is 0 Å². The molecule has 0 radical (unpaired) electrons. The van der Waals surface area contributed by atoms with Gasteiger partial charge in [0.15, 0.2) is 0 Å². The van der Waals surface area contributed by atoms with Crippen LogP contribution < -0.4 is 10.2 Å². The van der Waals surface area contributed by atoms with E-state index in [4.69, 9.17) is 0 Å². The van der Waals surface area contributed by atoms with Crippen LogP contribution >= 0.6 is 0 Å². The maximum absolute atomic E-state index is 3.49. The van der Waals surface area contributed by atoms with E-state index < -0.39 is 0 Å². The third-order valence-corrected chi connectivity index (χ3v) is 3.65. The van der Waals surface area contributed by atoms with Gasteiger partial charge in [-0.15, -0.1) is 0 Å². The SMILES string of the molecule is CCN(CCCNC(C)C)c1cccc2ccccc12. The Morgan fingerprint density at radius 2 is 1.80 bits per heavy atom. The number of benzene rings is 2. The van der Waals surface area contributed by atoms with Crippen LogP contribution in [-0.4, -0.2) is 25.7 Å². The Balaban J connectivity index is 2.09. The average Bonchev–Trinajstić information content (AvgIpc) is 2.47. The molecule has 0 unspecified atom stereocenters. The quantitative estimate of drug-likeness (QED) is 0.763. The van der Waals surface area contributed by atoms with Gasteiger partial charge in [0.25, 0.3) is 0 Å². The molecule has 0 atom stereocenters. The van der Waals surface area contributed by atoms with Crippen LogP contribution in [-0.2, 0) is 0 Å². The topological polar surface area (TPSA) is 15.3 Å². The molecule has 2 heteroatoms. The van der Waals surface area contributed by atoms with Gasteiger partial charge in [-0.25, -0.2) is 0 Å². The van der Waals surface area contributed by atoms with Crippen LogP contribution in [0.4, 0.5) is 5.69 Å². The van der Waals surface area contributed by atoms with Gasteiger partial charge in [0, 0.05) is 30.2 Å². The Hall–Kier alpha value is -1.54. The maximum atomic E-state index is 3.49. The Labute approximate surface area is 122 Å². The summed E-state index contributed by atoms with van der Waals surface area (Å²) < 4.78 is 0. The summed E-state index contributed by atoms with van der Waals surface area (Å²) in [6.45, 7) is 9.86. The lowest BCUT2D eigenvalue weighted by molar-refractivity contribution is 0.567. The summed E-state index contributed by atoms with van der Waals surface area (Å²) in [6, 6.07) is 15.8. The van der Waals surface area contributed by atoms with Crippen molar-refractivity contribution in [2.45, 2.75) is 33.2 Å². The van der Waals surface area contributed by atoms with Gasteiger partial charge >= 0.3 is 0 Å². The van der Waals surface area contributed by atoms with Crippen LogP contribution in [0.5, 0.6) is 0 Å². The molecule has 0 fully saturated rings. The van der Waals surface area contributed by atoms with Crippen LogP contribution in [0.3, 0.4) is 0 Å². The molecule has 20 heavy (non-hydrogen) atoms. The lowest BCUT2D eigenvalue weighted by Crippen LogP contribution is -2.29. The van der Waals surface area contributed by atoms with E-state index in [1.807, 2.05) is 0 Å². The van der Waals surface area contributed by atoms with E-state index in [0.717, 1.165) is 19.6 Å². The molecule has 0 amide bonds. The van der Waals surface area contributed by atoms with Crippen molar-refractivity contribution in [1.82, 2.24) is 5.32 Å². The molecule has 2 aromatic carbocycles. The Bertz CT molecular complexity index is 528. The number of hydrogen-bond acceptors (Lipinski definition) is 2. The van der Waals surface area contributed by atoms with Crippen LogP contribution in [0, 0.1) is 0 Å². The first-order chi connectivity index (χ1) is 9.72. The van der Waals surface area contributed by atoms with Crippen molar-refractivity contribution in [2.24, 2.45) is 0 Å². The smallest absolute Gasteiger partial charge is 0.0445 e. The normalized spacial score (nSPS) is 11.2. The highest BCUT2D eigenvalue weighted by atomic mass is 15.1. The minimum absolute atomic E-state index is 0.572. The van der Waals surface area contributed by atoms with E-state index in [2.05, 4.69) is 73.5 Å². The van der Waals surface area contributed by atoms with Crippen molar-refractivity contribution < 1.29 is 0 Å². The predicted octanol–water partition coefficient (Wildman–Crippen LogP) is 4.05. The number of rotatable bonds is 7. The first-order valence-corrected chi connectivity index (χ1v) is 7.68. The van der Waals surface area contributed by atoms with Gasteiger partial charge in [-0.1, -0.05) is 50.2 Å². The van der Waals surface area contributed by atoms with Crippen molar-refractivity contribution in [3.63, 3.8) is 0 Å². The number of hydrogen-bond donors (Lipinski definition) is 1. The fraction of sp³-hybridized carbons (Fsp3) is 0.444. The molecular weight excluding hydrogens is 244 g/mol. The summed E-state index contributed by atoms with van der Waals surface area (Å²) in [7, 11) is 0. The van der Waals surface area contributed by atoms with Crippen molar-refractivity contribution in [3.05, 3.63) is 42.5 Å². The van der Waals surface area contributed by atoms with Crippen LogP contribution in [0.1, 0.15) is 27.2 Å². The van der Waals surface area contributed by atoms with E-state index >= 15 is 0 Å². The number of nitrogens with one attached hydrogen (secondary N) is 1. The second kappa shape index (κ2) is 7.30. The summed E-state index contributed by atoms with van der Waals surface area (Å²) in [5.74, 6) is 0. The standard InChI is InChI=1S/C18H26N2/c1-4-20(14-8-13-19-15(2)3)18-12-7-10-16-9-5-6-11-17(16)18/h5-7,9-12,15,19H,4,8,13-14H2,1-3H3. The maximum Gasteiger partial charge on any atom is 0.0445 e. The summed E-state index contributed by atoms with van der Waals surface area (Å²) in [4.78, 5) is 2.48. The third-order valence-electron chi connectivity index (χ3n) is 3.65. The summed E-state index contributed by atoms with van der Waals surface area (Å²) in [6.07, 6.45) is 1.18. The minimum atomic E-state index is 0.572. The Kier molecular flexibility index (Phi) is 5.42. The van der Waals surface area contributed by atoms with Gasteiger partial charge in [0.1, 0.15) is 0 Å². The molecule has 2 aromatic rings. The molecular formula is C18H26N2. The van der Waals surface area contributed by atoms with Crippen LogP contribution in [0.2, 0.25) is 0 Å². The van der Waals surface area contributed by atoms with Crippen LogP contribution in [0.25, 0.3) is 10.8 Å². The molecule has 0 aromatic heterocycles. The zero-order valence-corrected chi connectivity index (χ0v) is 12.9. The van der Waals surface area contributed by atoms with Crippen molar-refractivity contribution in [1.29, 1.82) is 0 Å². The molecule has 0 aliphatic heterocycles. The van der Waals surface area contributed by atoms with Crippen molar-refractivity contribution in [3.8, 4) is 0 Å². The molecule has 0 saturated carbocycles. The molecule has 0 bridgehead atoms. The average molecular weight is 270 g/mol. The molecule has 0 heterocycles. The van der Waals surface area contributed by atoms with Crippen molar-refractivity contribution >= 4 is 16.5 Å².